The van der Waals surface area contributed by atoms with Crippen molar-refractivity contribution in [1.29, 1.82) is 0 Å². The maximum Gasteiger partial charge on any atom is 0.184 e. The second kappa shape index (κ2) is 14.0. The van der Waals surface area contributed by atoms with Crippen molar-refractivity contribution in [1.82, 2.24) is 4.84 Å². The van der Waals surface area contributed by atoms with Gasteiger partial charge in [-0.1, -0.05) is 13.3 Å². The fraction of sp³-hybridized carbons (Fsp3) is 1.00. The molecule has 0 aromatic heterocycles. The lowest BCUT2D eigenvalue weighted by molar-refractivity contribution is -0.317. The first-order chi connectivity index (χ1) is 13.8. The van der Waals surface area contributed by atoms with Crippen LogP contribution in [-0.2, 0) is 18.9 Å². The predicted molar refractivity (Wildman–Crippen MR) is 101 cm³/mol. The highest BCUT2D eigenvalue weighted by Gasteiger charge is 2.48. The molecule has 0 saturated carbocycles. The molecule has 1 rings (SSSR count). The van der Waals surface area contributed by atoms with E-state index >= 15 is 0 Å². The molecule has 0 aliphatic carbocycles. The summed E-state index contributed by atoms with van der Waals surface area (Å²) in [6.45, 7) is 1.83. The third-order valence-electron chi connectivity index (χ3n) is 4.55. The maximum absolute atomic E-state index is 10.6. The Morgan fingerprint density at radius 2 is 1.86 bits per heavy atom. The topological polar surface area (TPSA) is 170 Å². The van der Waals surface area contributed by atoms with E-state index in [0.29, 0.717) is 6.61 Å². The van der Waals surface area contributed by atoms with Crippen molar-refractivity contribution in [2.45, 2.75) is 81.9 Å². The third-order valence-corrected chi connectivity index (χ3v) is 4.80. The Bertz CT molecular complexity index is 435. The van der Waals surface area contributed by atoms with Crippen molar-refractivity contribution < 1.29 is 49.6 Å². The minimum atomic E-state index is -1.42. The number of halogens is 1. The second-order valence-corrected chi connectivity index (χ2v) is 7.11. The molecule has 11 nitrogen and oxygen atoms in total. The van der Waals surface area contributed by atoms with Gasteiger partial charge >= 0.3 is 0 Å². The summed E-state index contributed by atoms with van der Waals surface area (Å²) in [4.78, 5) is 2.43. The first kappa shape index (κ1) is 26.9. The Balaban J connectivity index is 2.99. The first-order valence-corrected chi connectivity index (χ1v) is 10.0. The van der Waals surface area contributed by atoms with E-state index < -0.39 is 75.1 Å². The quantitative estimate of drug-likeness (QED) is 0.0876. The van der Waals surface area contributed by atoms with Crippen LogP contribution < -0.4 is 4.84 Å². The molecule has 1 saturated heterocycles. The van der Waals surface area contributed by atoms with Crippen molar-refractivity contribution in [2.24, 2.45) is 0 Å². The van der Waals surface area contributed by atoms with E-state index in [9.17, 15) is 25.5 Å². The number of nitrogens with one attached hydrogen (secondary N) is 1. The van der Waals surface area contributed by atoms with Crippen molar-refractivity contribution in [3.63, 3.8) is 0 Å². The molecule has 1 aliphatic rings. The standard InChI is InChI=1S/C17H34ClNO10/c1-3-4-5-26-17-13(19-18)15(14(25)12(8-22)28-17)29-16(9(2)23)27-11(7-21)10(24)6-20/h9-17,19-25H,3-8H2,1-2H3/t9-,10+,11?,12?,13?,14+,15+,16-,17-/m0/s1. The van der Waals surface area contributed by atoms with Gasteiger partial charge < -0.3 is 49.6 Å². The summed E-state index contributed by atoms with van der Waals surface area (Å²) in [5.41, 5.74) is 0. The number of hydrogen-bond acceptors (Lipinski definition) is 11. The van der Waals surface area contributed by atoms with Crippen LogP contribution >= 0.6 is 11.8 Å². The molecule has 0 spiro atoms. The fourth-order valence-corrected chi connectivity index (χ4v) is 3.02. The summed E-state index contributed by atoms with van der Waals surface area (Å²) < 4.78 is 22.3. The Labute approximate surface area is 175 Å². The van der Waals surface area contributed by atoms with Gasteiger partial charge in [-0.25, -0.2) is 4.84 Å². The Hall–Kier alpha value is -0.150. The van der Waals surface area contributed by atoms with Gasteiger partial charge in [0, 0.05) is 6.61 Å². The van der Waals surface area contributed by atoms with Crippen LogP contribution in [-0.4, -0.2) is 112 Å². The molecule has 29 heavy (non-hydrogen) atoms. The summed E-state index contributed by atoms with van der Waals surface area (Å²) in [5, 5.41) is 58.3. The van der Waals surface area contributed by atoms with Crippen LogP contribution in [0.1, 0.15) is 26.7 Å². The van der Waals surface area contributed by atoms with Gasteiger partial charge in [0.15, 0.2) is 12.6 Å². The number of aliphatic hydroxyl groups is 6. The van der Waals surface area contributed by atoms with Crippen LogP contribution in [0, 0.1) is 0 Å². The van der Waals surface area contributed by atoms with Crippen LogP contribution in [0.25, 0.3) is 0 Å². The Morgan fingerprint density at radius 1 is 1.17 bits per heavy atom. The summed E-state index contributed by atoms with van der Waals surface area (Å²) in [6.07, 6.45) is -8.18. The zero-order chi connectivity index (χ0) is 22.0. The highest BCUT2D eigenvalue weighted by atomic mass is 35.5. The van der Waals surface area contributed by atoms with Crippen LogP contribution in [0.4, 0.5) is 0 Å². The molecule has 9 atom stereocenters. The van der Waals surface area contributed by atoms with Crippen molar-refractivity contribution in [3.05, 3.63) is 0 Å². The van der Waals surface area contributed by atoms with Crippen LogP contribution in [0.15, 0.2) is 0 Å². The van der Waals surface area contributed by atoms with Crippen LogP contribution in [0.2, 0.25) is 0 Å². The molecule has 3 unspecified atom stereocenters. The fourth-order valence-electron chi connectivity index (χ4n) is 2.79. The zero-order valence-electron chi connectivity index (χ0n) is 16.6. The van der Waals surface area contributed by atoms with Crippen molar-refractivity contribution >= 4 is 11.8 Å². The smallest absolute Gasteiger partial charge is 0.184 e. The molecular weight excluding hydrogens is 414 g/mol. The summed E-state index contributed by atoms with van der Waals surface area (Å²) in [6, 6.07) is -0.897. The van der Waals surface area contributed by atoms with Crippen molar-refractivity contribution in [2.75, 3.05) is 26.4 Å². The van der Waals surface area contributed by atoms with Gasteiger partial charge in [0.05, 0.1) is 19.8 Å². The number of aliphatic hydroxyl groups excluding tert-OH is 6. The SMILES string of the molecule is CCCCO[C@H]1OC(CO)[C@@H](O)[C@H](O[C@H](OC(CO)[C@H](O)CO)[C@H](C)O)C1NCl. The van der Waals surface area contributed by atoms with Gasteiger partial charge in [0.25, 0.3) is 0 Å². The van der Waals surface area contributed by atoms with Gasteiger partial charge in [0.1, 0.15) is 42.7 Å². The molecule has 174 valence electrons. The predicted octanol–water partition coefficient (Wildman–Crippen LogP) is -2.18. The molecule has 0 aromatic carbocycles. The van der Waals surface area contributed by atoms with E-state index in [4.69, 9.17) is 35.8 Å². The van der Waals surface area contributed by atoms with Crippen LogP contribution in [0.5, 0.6) is 0 Å². The lowest BCUT2D eigenvalue weighted by Gasteiger charge is -2.44. The number of ether oxygens (including phenoxy) is 4. The minimum absolute atomic E-state index is 0.350. The number of rotatable bonds is 14. The Kier molecular flexibility index (Phi) is 13.0. The van der Waals surface area contributed by atoms with Gasteiger partial charge in [-0.15, -0.1) is 0 Å². The molecule has 0 radical (unpaired) electrons. The minimum Gasteiger partial charge on any atom is -0.394 e. The number of unbranched alkanes of at least 4 members (excludes halogenated alkanes) is 1. The van der Waals surface area contributed by atoms with E-state index in [1.807, 2.05) is 6.92 Å². The average molecular weight is 448 g/mol. The average Bonchev–Trinajstić information content (AvgIpc) is 2.71. The monoisotopic (exact) mass is 447 g/mol. The molecule has 0 aromatic rings. The van der Waals surface area contributed by atoms with Gasteiger partial charge in [0.2, 0.25) is 0 Å². The van der Waals surface area contributed by atoms with Gasteiger partial charge in [-0.2, -0.15) is 0 Å². The molecule has 7 N–H and O–H groups in total. The normalized spacial score (nSPS) is 32.0. The van der Waals surface area contributed by atoms with E-state index in [0.717, 1.165) is 12.8 Å². The summed E-state index contributed by atoms with van der Waals surface area (Å²) in [5.74, 6) is 0. The Morgan fingerprint density at radius 3 is 2.34 bits per heavy atom. The molecule has 12 heteroatoms. The molecule has 1 heterocycles. The lowest BCUT2D eigenvalue weighted by Crippen LogP contribution is -2.64. The number of hydrogen-bond donors (Lipinski definition) is 7. The molecule has 0 amide bonds. The maximum atomic E-state index is 10.6. The van der Waals surface area contributed by atoms with E-state index in [1.165, 1.54) is 6.92 Å². The van der Waals surface area contributed by atoms with Crippen LogP contribution in [0.3, 0.4) is 0 Å². The van der Waals surface area contributed by atoms with E-state index in [2.05, 4.69) is 4.84 Å². The summed E-state index contributed by atoms with van der Waals surface area (Å²) >= 11 is 5.83. The molecule has 1 fully saturated rings. The third kappa shape index (κ3) is 7.80. The molecule has 1 aliphatic heterocycles. The van der Waals surface area contributed by atoms with Gasteiger partial charge in [-0.05, 0) is 25.1 Å². The van der Waals surface area contributed by atoms with Gasteiger partial charge in [-0.3, -0.25) is 0 Å². The summed E-state index contributed by atoms with van der Waals surface area (Å²) in [7, 11) is 0. The highest BCUT2D eigenvalue weighted by molar-refractivity contribution is 6.13. The highest BCUT2D eigenvalue weighted by Crippen LogP contribution is 2.27. The second-order valence-electron chi connectivity index (χ2n) is 6.89. The largest absolute Gasteiger partial charge is 0.394 e. The molecular formula is C17H34ClNO10. The lowest BCUT2D eigenvalue weighted by atomic mass is 9.97. The van der Waals surface area contributed by atoms with E-state index in [-0.39, 0.29) is 0 Å². The zero-order valence-corrected chi connectivity index (χ0v) is 17.4. The molecule has 0 bridgehead atoms. The van der Waals surface area contributed by atoms with Crippen molar-refractivity contribution in [3.8, 4) is 0 Å². The first-order valence-electron chi connectivity index (χ1n) is 9.65. The van der Waals surface area contributed by atoms with E-state index in [1.54, 1.807) is 0 Å².